The second-order valence-corrected chi connectivity index (χ2v) is 9.13. The molecule has 0 radical (unpaired) electrons. The van der Waals surface area contributed by atoms with Gasteiger partial charge in [0.1, 0.15) is 0 Å². The summed E-state index contributed by atoms with van der Waals surface area (Å²) in [5, 5.41) is 17.9. The van der Waals surface area contributed by atoms with Crippen LogP contribution in [0.15, 0.2) is 23.2 Å². The molecule has 1 aromatic rings. The molecule has 0 spiro atoms. The van der Waals surface area contributed by atoms with Gasteiger partial charge in [0.15, 0.2) is 5.96 Å². The third kappa shape index (κ3) is 8.44. The number of aliphatic hydroxyl groups is 1. The number of rotatable bonds is 8. The second-order valence-electron chi connectivity index (χ2n) is 6.52. The van der Waals surface area contributed by atoms with Gasteiger partial charge in [-0.15, -0.1) is 24.0 Å². The first-order chi connectivity index (χ1) is 13.0. The smallest absolute Gasteiger partial charge is 0.191 e. The number of aliphatic hydroxyl groups excluding tert-OH is 1. The molecular weight excluding hydrogens is 532 g/mol. The first kappa shape index (κ1) is 26.1. The highest BCUT2D eigenvalue weighted by Crippen LogP contribution is 2.35. The summed E-state index contributed by atoms with van der Waals surface area (Å²) in [5.74, 6) is 1.76. The Morgan fingerprint density at radius 2 is 1.86 bits per heavy atom. The van der Waals surface area contributed by atoms with E-state index in [1.54, 1.807) is 18.2 Å². The summed E-state index contributed by atoms with van der Waals surface area (Å²) in [6.45, 7) is 7.59. The van der Waals surface area contributed by atoms with Crippen LogP contribution in [0.25, 0.3) is 0 Å². The number of hydrogen-bond donors (Lipinski definition) is 3. The Bertz CT molecular complexity index is 605. The van der Waals surface area contributed by atoms with E-state index in [4.69, 9.17) is 32.9 Å². The van der Waals surface area contributed by atoms with Crippen molar-refractivity contribution in [2.45, 2.75) is 37.5 Å². The summed E-state index contributed by atoms with van der Waals surface area (Å²) in [6, 6.07) is 5.09. The second kappa shape index (κ2) is 13.4. The lowest BCUT2D eigenvalue weighted by Crippen LogP contribution is -2.42. The number of nitrogens with one attached hydrogen (secondary N) is 2. The maximum Gasteiger partial charge on any atom is 0.191 e. The van der Waals surface area contributed by atoms with E-state index in [1.165, 1.54) is 0 Å². The van der Waals surface area contributed by atoms with Gasteiger partial charge in [-0.25, -0.2) is 0 Å². The van der Waals surface area contributed by atoms with Gasteiger partial charge in [0.05, 0.1) is 12.6 Å². The molecule has 1 atom stereocenters. The van der Waals surface area contributed by atoms with Gasteiger partial charge in [0.2, 0.25) is 0 Å². The number of benzene rings is 1. The van der Waals surface area contributed by atoms with Gasteiger partial charge in [0, 0.05) is 41.1 Å². The molecule has 0 saturated carbocycles. The molecule has 3 N–H and O–H groups in total. The Morgan fingerprint density at radius 3 is 2.43 bits per heavy atom. The van der Waals surface area contributed by atoms with Crippen molar-refractivity contribution in [3.63, 3.8) is 0 Å². The van der Waals surface area contributed by atoms with Crippen LogP contribution >= 0.6 is 58.9 Å². The average Bonchev–Trinajstić information content (AvgIpc) is 2.64. The summed E-state index contributed by atoms with van der Waals surface area (Å²) >= 11 is 14.0. The Kier molecular flexibility index (Phi) is 12.5. The van der Waals surface area contributed by atoms with E-state index < -0.39 is 6.10 Å². The molecular formula is C19H30Cl2IN3O2S. The van der Waals surface area contributed by atoms with Crippen molar-refractivity contribution in [3.8, 4) is 0 Å². The zero-order chi connectivity index (χ0) is 19.7. The number of thioether (sulfide) groups is 1. The quantitative estimate of drug-likeness (QED) is 0.248. The topological polar surface area (TPSA) is 65.9 Å². The van der Waals surface area contributed by atoms with Crippen LogP contribution in [0.2, 0.25) is 10.0 Å². The minimum Gasteiger partial charge on any atom is -0.387 e. The Morgan fingerprint density at radius 1 is 1.21 bits per heavy atom. The average molecular weight is 562 g/mol. The van der Waals surface area contributed by atoms with Crippen LogP contribution < -0.4 is 10.6 Å². The molecule has 1 heterocycles. The number of hydrogen-bond acceptors (Lipinski definition) is 4. The van der Waals surface area contributed by atoms with Crippen LogP contribution in [0.4, 0.5) is 0 Å². The highest BCUT2D eigenvalue weighted by Gasteiger charge is 2.32. The van der Waals surface area contributed by atoms with Gasteiger partial charge in [-0.2, -0.15) is 11.8 Å². The molecule has 160 valence electrons. The third-order valence-electron chi connectivity index (χ3n) is 4.46. The van der Waals surface area contributed by atoms with Crippen LogP contribution in [-0.4, -0.2) is 54.4 Å². The molecule has 1 aromatic carbocycles. The normalized spacial score (nSPS) is 17.5. The molecule has 1 aliphatic heterocycles. The van der Waals surface area contributed by atoms with Gasteiger partial charge < -0.3 is 20.5 Å². The summed E-state index contributed by atoms with van der Waals surface area (Å²) in [5.41, 5.74) is 0.679. The minimum absolute atomic E-state index is 0. The molecule has 2 rings (SSSR count). The lowest BCUT2D eigenvalue weighted by Gasteiger charge is -2.35. The zero-order valence-electron chi connectivity index (χ0n) is 16.3. The molecule has 0 amide bonds. The number of halogens is 3. The van der Waals surface area contributed by atoms with Gasteiger partial charge in [-0.05, 0) is 49.3 Å². The third-order valence-corrected chi connectivity index (χ3v) is 6.33. The Labute approximate surface area is 199 Å². The van der Waals surface area contributed by atoms with Gasteiger partial charge in [-0.3, -0.25) is 4.99 Å². The number of nitrogens with zero attached hydrogens (tertiary/aromatic N) is 1. The van der Waals surface area contributed by atoms with E-state index in [9.17, 15) is 5.11 Å². The van der Waals surface area contributed by atoms with Crippen molar-refractivity contribution >= 4 is 64.9 Å². The first-order valence-corrected chi connectivity index (χ1v) is 11.1. The van der Waals surface area contributed by atoms with Crippen molar-refractivity contribution in [2.24, 2.45) is 4.99 Å². The number of aliphatic imine (C=N–C) groups is 1. The SMILES string of the molecule is CCNC(=NCC1(SCC)CCOCC1)NCC(O)c1cc(Cl)cc(Cl)c1.I. The van der Waals surface area contributed by atoms with E-state index >= 15 is 0 Å². The first-order valence-electron chi connectivity index (χ1n) is 9.36. The zero-order valence-corrected chi connectivity index (χ0v) is 21.0. The summed E-state index contributed by atoms with van der Waals surface area (Å²) in [4.78, 5) is 4.78. The van der Waals surface area contributed by atoms with Gasteiger partial charge in [0.25, 0.3) is 0 Å². The van der Waals surface area contributed by atoms with Crippen LogP contribution in [-0.2, 0) is 4.74 Å². The number of ether oxygens (including phenoxy) is 1. The summed E-state index contributed by atoms with van der Waals surface area (Å²) in [7, 11) is 0. The van der Waals surface area contributed by atoms with Crippen molar-refractivity contribution < 1.29 is 9.84 Å². The van der Waals surface area contributed by atoms with E-state index in [-0.39, 0.29) is 28.7 Å². The van der Waals surface area contributed by atoms with Crippen LogP contribution in [0.3, 0.4) is 0 Å². The van der Waals surface area contributed by atoms with Crippen molar-refractivity contribution in [2.75, 3.05) is 38.6 Å². The molecule has 0 aliphatic carbocycles. The van der Waals surface area contributed by atoms with Gasteiger partial charge in [-0.1, -0.05) is 30.1 Å². The molecule has 0 aromatic heterocycles. The number of guanidine groups is 1. The molecule has 5 nitrogen and oxygen atoms in total. The summed E-state index contributed by atoms with van der Waals surface area (Å²) < 4.78 is 5.66. The molecule has 1 aliphatic rings. The highest BCUT2D eigenvalue weighted by molar-refractivity contribution is 14.0. The Balaban J connectivity index is 0.00000392. The highest BCUT2D eigenvalue weighted by atomic mass is 127. The molecule has 1 unspecified atom stereocenters. The maximum absolute atomic E-state index is 10.5. The fraction of sp³-hybridized carbons (Fsp3) is 0.632. The van der Waals surface area contributed by atoms with Crippen molar-refractivity contribution in [1.82, 2.24) is 10.6 Å². The lowest BCUT2D eigenvalue weighted by atomic mass is 9.99. The van der Waals surface area contributed by atoms with Gasteiger partial charge >= 0.3 is 0 Å². The monoisotopic (exact) mass is 561 g/mol. The lowest BCUT2D eigenvalue weighted by molar-refractivity contribution is 0.0793. The van der Waals surface area contributed by atoms with Crippen LogP contribution in [0.1, 0.15) is 38.4 Å². The fourth-order valence-corrected chi connectivity index (χ4v) is 4.81. The van der Waals surface area contributed by atoms with Crippen LogP contribution in [0, 0.1) is 0 Å². The van der Waals surface area contributed by atoms with E-state index in [2.05, 4.69) is 17.6 Å². The molecule has 1 fully saturated rings. The summed E-state index contributed by atoms with van der Waals surface area (Å²) in [6.07, 6.45) is 1.29. The largest absolute Gasteiger partial charge is 0.387 e. The van der Waals surface area contributed by atoms with E-state index in [0.717, 1.165) is 44.9 Å². The van der Waals surface area contributed by atoms with Crippen molar-refractivity contribution in [3.05, 3.63) is 33.8 Å². The maximum atomic E-state index is 10.5. The van der Waals surface area contributed by atoms with Crippen molar-refractivity contribution in [1.29, 1.82) is 0 Å². The molecule has 28 heavy (non-hydrogen) atoms. The molecule has 9 heteroatoms. The Hall–Kier alpha value is 0.0700. The molecule has 0 bridgehead atoms. The minimum atomic E-state index is -0.730. The fourth-order valence-electron chi connectivity index (χ4n) is 3.04. The van der Waals surface area contributed by atoms with Crippen LogP contribution in [0.5, 0.6) is 0 Å². The predicted molar refractivity (Wildman–Crippen MR) is 132 cm³/mol. The van der Waals surface area contributed by atoms with E-state index in [0.29, 0.717) is 28.1 Å². The predicted octanol–water partition coefficient (Wildman–Crippen LogP) is 4.50. The van der Waals surface area contributed by atoms with E-state index in [1.807, 2.05) is 18.7 Å². The standard InChI is InChI=1S/C19H29Cl2N3O2S.HI/c1-3-22-18(24-13-19(27-4-2)5-7-26-8-6-19)23-12-17(25)14-9-15(20)11-16(21)10-14;/h9-11,17,25H,3-8,12-13H2,1-2H3,(H2,22,23,24);1H. The molecule has 1 saturated heterocycles.